The molecule has 6 nitrogen and oxygen atoms in total. The molecule has 2 amide bonds. The standard InChI is InChI=1S/C25H26ClN3O3/c1-3-15-32-25(31)29-13-11-28(12-14-29)24(30)19-9-10-20-21(16-19)27-23(17(2)22(20)26)18-7-5-4-6-8-18/h4-10,16H,3,11-15H2,1-2H3. The Labute approximate surface area is 192 Å². The van der Waals surface area contributed by atoms with Gasteiger partial charge in [0.1, 0.15) is 0 Å². The molecule has 0 saturated carbocycles. The summed E-state index contributed by atoms with van der Waals surface area (Å²) in [7, 11) is 0. The number of carbonyl (C=O) groups excluding carboxylic acids is 2. The molecule has 2 heterocycles. The van der Waals surface area contributed by atoms with Gasteiger partial charge in [0, 0.05) is 42.7 Å². The third kappa shape index (κ3) is 4.41. The molecule has 166 valence electrons. The Bertz CT molecular complexity index is 1140. The number of fused-ring (bicyclic) bond motifs is 1. The van der Waals surface area contributed by atoms with Crippen molar-refractivity contribution in [2.45, 2.75) is 20.3 Å². The van der Waals surface area contributed by atoms with Gasteiger partial charge >= 0.3 is 6.09 Å². The Morgan fingerprint density at radius 3 is 2.41 bits per heavy atom. The highest BCUT2D eigenvalue weighted by molar-refractivity contribution is 6.36. The molecule has 0 radical (unpaired) electrons. The van der Waals surface area contributed by atoms with E-state index in [1.807, 2.05) is 50.2 Å². The molecular formula is C25H26ClN3O3. The van der Waals surface area contributed by atoms with Crippen LogP contribution in [0.15, 0.2) is 48.5 Å². The zero-order valence-electron chi connectivity index (χ0n) is 18.3. The summed E-state index contributed by atoms with van der Waals surface area (Å²) in [5.41, 5.74) is 3.96. The molecule has 1 aromatic heterocycles. The second kappa shape index (κ2) is 9.57. The Morgan fingerprint density at radius 1 is 1.03 bits per heavy atom. The molecule has 0 aliphatic carbocycles. The van der Waals surface area contributed by atoms with Crippen LogP contribution in [0.25, 0.3) is 22.2 Å². The zero-order valence-corrected chi connectivity index (χ0v) is 19.1. The number of nitrogens with zero attached hydrogens (tertiary/aromatic N) is 3. The molecule has 7 heteroatoms. The van der Waals surface area contributed by atoms with Crippen LogP contribution in [0.5, 0.6) is 0 Å². The Hall–Kier alpha value is -3.12. The van der Waals surface area contributed by atoms with Crippen LogP contribution in [0, 0.1) is 6.92 Å². The molecule has 1 saturated heterocycles. The van der Waals surface area contributed by atoms with E-state index in [2.05, 4.69) is 0 Å². The highest BCUT2D eigenvalue weighted by Crippen LogP contribution is 2.33. The molecule has 0 N–H and O–H groups in total. The molecule has 0 spiro atoms. The van der Waals surface area contributed by atoms with Gasteiger partial charge in [-0.1, -0.05) is 54.9 Å². The zero-order chi connectivity index (χ0) is 22.7. The predicted molar refractivity (Wildman–Crippen MR) is 126 cm³/mol. The smallest absolute Gasteiger partial charge is 0.409 e. The second-order valence-corrected chi connectivity index (χ2v) is 8.27. The van der Waals surface area contributed by atoms with Crippen molar-refractivity contribution < 1.29 is 14.3 Å². The third-order valence-electron chi connectivity index (χ3n) is 5.70. The van der Waals surface area contributed by atoms with Gasteiger partial charge in [-0.3, -0.25) is 4.79 Å². The molecule has 0 bridgehead atoms. The van der Waals surface area contributed by atoms with E-state index in [0.717, 1.165) is 28.6 Å². The van der Waals surface area contributed by atoms with Crippen molar-refractivity contribution in [3.63, 3.8) is 0 Å². The third-order valence-corrected chi connectivity index (χ3v) is 6.19. The number of amides is 2. The Morgan fingerprint density at radius 2 is 1.72 bits per heavy atom. The number of carbonyl (C=O) groups is 2. The van der Waals surface area contributed by atoms with Gasteiger partial charge in [0.15, 0.2) is 0 Å². The first kappa shape index (κ1) is 22.1. The van der Waals surface area contributed by atoms with Crippen LogP contribution >= 0.6 is 11.6 Å². The highest BCUT2D eigenvalue weighted by Gasteiger charge is 2.26. The van der Waals surface area contributed by atoms with Gasteiger partial charge in [0.2, 0.25) is 0 Å². The number of halogens is 1. The van der Waals surface area contributed by atoms with Crippen molar-refractivity contribution in [1.82, 2.24) is 14.8 Å². The molecule has 1 aliphatic heterocycles. The van der Waals surface area contributed by atoms with Crippen LogP contribution in [0.2, 0.25) is 5.02 Å². The second-order valence-electron chi connectivity index (χ2n) is 7.89. The lowest BCUT2D eigenvalue weighted by atomic mass is 10.0. The van der Waals surface area contributed by atoms with Crippen molar-refractivity contribution in [2.75, 3.05) is 32.8 Å². The Kier molecular flexibility index (Phi) is 6.61. The minimum absolute atomic E-state index is 0.0757. The van der Waals surface area contributed by atoms with Crippen molar-refractivity contribution in [3.05, 3.63) is 64.7 Å². The average molecular weight is 452 g/mol. The molecule has 32 heavy (non-hydrogen) atoms. The highest BCUT2D eigenvalue weighted by atomic mass is 35.5. The number of ether oxygens (including phenoxy) is 1. The molecule has 1 fully saturated rings. The molecule has 2 aromatic carbocycles. The first-order chi connectivity index (χ1) is 15.5. The summed E-state index contributed by atoms with van der Waals surface area (Å²) in [6.45, 7) is 6.19. The van der Waals surface area contributed by atoms with E-state index < -0.39 is 0 Å². The van der Waals surface area contributed by atoms with E-state index >= 15 is 0 Å². The van der Waals surface area contributed by atoms with Crippen molar-refractivity contribution >= 4 is 34.5 Å². The maximum Gasteiger partial charge on any atom is 0.409 e. The van der Waals surface area contributed by atoms with E-state index in [1.165, 1.54) is 0 Å². The number of rotatable bonds is 4. The van der Waals surface area contributed by atoms with Crippen LogP contribution in [0.1, 0.15) is 29.3 Å². The first-order valence-electron chi connectivity index (χ1n) is 10.9. The van der Waals surface area contributed by atoms with Crippen LogP contribution in [0.3, 0.4) is 0 Å². The van der Waals surface area contributed by atoms with Gasteiger partial charge in [-0.15, -0.1) is 0 Å². The molecule has 0 atom stereocenters. The minimum atomic E-state index is -0.313. The van der Waals surface area contributed by atoms with E-state index in [0.29, 0.717) is 48.9 Å². The number of piperazine rings is 1. The van der Waals surface area contributed by atoms with Crippen LogP contribution < -0.4 is 0 Å². The summed E-state index contributed by atoms with van der Waals surface area (Å²) in [5, 5.41) is 1.47. The molecule has 0 unspecified atom stereocenters. The van der Waals surface area contributed by atoms with Gasteiger partial charge in [0.25, 0.3) is 5.91 Å². The number of hydrogen-bond acceptors (Lipinski definition) is 4. The van der Waals surface area contributed by atoms with Crippen LogP contribution in [-0.2, 0) is 4.74 Å². The molecule has 4 rings (SSSR count). The Balaban J connectivity index is 1.55. The number of aromatic nitrogens is 1. The maximum absolute atomic E-state index is 13.1. The SMILES string of the molecule is CCCOC(=O)N1CCN(C(=O)c2ccc3c(Cl)c(C)c(-c4ccccc4)nc3c2)CC1. The minimum Gasteiger partial charge on any atom is -0.449 e. The fraction of sp³-hybridized carbons (Fsp3) is 0.320. The van der Waals surface area contributed by atoms with Crippen molar-refractivity contribution in [2.24, 2.45) is 0 Å². The summed E-state index contributed by atoms with van der Waals surface area (Å²) in [5.74, 6) is -0.0757. The average Bonchev–Trinajstić information content (AvgIpc) is 2.84. The summed E-state index contributed by atoms with van der Waals surface area (Å²) in [6.07, 6.45) is 0.475. The van der Waals surface area contributed by atoms with E-state index in [1.54, 1.807) is 21.9 Å². The number of pyridine rings is 1. The van der Waals surface area contributed by atoms with Gasteiger partial charge in [-0.05, 0) is 31.0 Å². The largest absolute Gasteiger partial charge is 0.449 e. The summed E-state index contributed by atoms with van der Waals surface area (Å²) in [6, 6.07) is 15.3. The predicted octanol–water partition coefficient (Wildman–Crippen LogP) is 5.17. The normalized spacial score (nSPS) is 14.0. The first-order valence-corrected chi connectivity index (χ1v) is 11.2. The fourth-order valence-electron chi connectivity index (χ4n) is 3.89. The number of hydrogen-bond donors (Lipinski definition) is 0. The summed E-state index contributed by atoms with van der Waals surface area (Å²) in [4.78, 5) is 33.4. The van der Waals surface area contributed by atoms with Crippen molar-refractivity contribution in [3.8, 4) is 11.3 Å². The van der Waals surface area contributed by atoms with Gasteiger partial charge in [-0.2, -0.15) is 0 Å². The van der Waals surface area contributed by atoms with Gasteiger partial charge in [0.05, 0.1) is 22.8 Å². The van der Waals surface area contributed by atoms with Crippen LogP contribution in [0.4, 0.5) is 4.79 Å². The maximum atomic E-state index is 13.1. The van der Waals surface area contributed by atoms with E-state index in [4.69, 9.17) is 21.3 Å². The monoisotopic (exact) mass is 451 g/mol. The van der Waals surface area contributed by atoms with E-state index in [9.17, 15) is 9.59 Å². The quantitative estimate of drug-likeness (QED) is 0.549. The fourth-order valence-corrected chi connectivity index (χ4v) is 4.13. The lowest BCUT2D eigenvalue weighted by Gasteiger charge is -2.34. The lowest BCUT2D eigenvalue weighted by molar-refractivity contribution is 0.0560. The van der Waals surface area contributed by atoms with E-state index in [-0.39, 0.29) is 12.0 Å². The lowest BCUT2D eigenvalue weighted by Crippen LogP contribution is -2.50. The molecule has 1 aliphatic rings. The summed E-state index contributed by atoms with van der Waals surface area (Å²) >= 11 is 6.66. The van der Waals surface area contributed by atoms with Crippen LogP contribution in [-0.4, -0.2) is 59.6 Å². The summed E-state index contributed by atoms with van der Waals surface area (Å²) < 4.78 is 5.19. The number of benzene rings is 2. The molecular weight excluding hydrogens is 426 g/mol. The van der Waals surface area contributed by atoms with Crippen molar-refractivity contribution in [1.29, 1.82) is 0 Å². The molecule has 3 aromatic rings. The topological polar surface area (TPSA) is 62.7 Å². The van der Waals surface area contributed by atoms with Gasteiger partial charge < -0.3 is 14.5 Å². The van der Waals surface area contributed by atoms with Gasteiger partial charge in [-0.25, -0.2) is 9.78 Å².